The Morgan fingerprint density at radius 1 is 1.60 bits per heavy atom. The van der Waals surface area contributed by atoms with E-state index in [4.69, 9.17) is 17.3 Å². The second-order valence-corrected chi connectivity index (χ2v) is 3.95. The van der Waals surface area contributed by atoms with Gasteiger partial charge in [-0.25, -0.2) is 4.39 Å². The van der Waals surface area contributed by atoms with E-state index in [-0.39, 0.29) is 24.7 Å². The van der Waals surface area contributed by atoms with Gasteiger partial charge in [-0.2, -0.15) is 0 Å². The zero-order valence-electron chi connectivity index (χ0n) is 8.47. The molecule has 0 amide bonds. The summed E-state index contributed by atoms with van der Waals surface area (Å²) in [5.74, 6) is -0.737. The molecule has 2 N–H and O–H groups in total. The molecule has 1 aromatic rings. The summed E-state index contributed by atoms with van der Waals surface area (Å²) in [5.41, 5.74) is 5.72. The summed E-state index contributed by atoms with van der Waals surface area (Å²) in [6.45, 7) is 2.02. The Balaban J connectivity index is 2.77. The number of carbonyl (C=O) groups excluding carboxylic acids is 1. The summed E-state index contributed by atoms with van der Waals surface area (Å²) < 4.78 is 13.3. The minimum Gasteiger partial charge on any atom is -0.330 e. The molecule has 82 valence electrons. The largest absolute Gasteiger partial charge is 0.330 e. The Morgan fingerprint density at radius 2 is 2.27 bits per heavy atom. The van der Waals surface area contributed by atoms with E-state index in [1.54, 1.807) is 13.0 Å². The van der Waals surface area contributed by atoms with E-state index in [9.17, 15) is 9.18 Å². The van der Waals surface area contributed by atoms with Gasteiger partial charge in [-0.05, 0) is 17.7 Å². The smallest absolute Gasteiger partial charge is 0.141 e. The number of carbonyl (C=O) groups is 1. The molecule has 0 saturated heterocycles. The Bertz CT molecular complexity index is 368. The summed E-state index contributed by atoms with van der Waals surface area (Å²) >= 11 is 5.60. The fourth-order valence-electron chi connectivity index (χ4n) is 1.16. The number of hydrogen-bond donors (Lipinski definition) is 1. The third-order valence-electron chi connectivity index (χ3n) is 2.28. The molecule has 0 fully saturated rings. The third kappa shape index (κ3) is 3.29. The van der Waals surface area contributed by atoms with Gasteiger partial charge in [0.05, 0.1) is 0 Å². The monoisotopic (exact) mass is 229 g/mol. The lowest BCUT2D eigenvalue weighted by atomic mass is 9.99. The Kier molecular flexibility index (Phi) is 4.24. The van der Waals surface area contributed by atoms with Crippen molar-refractivity contribution in [2.24, 2.45) is 11.7 Å². The molecule has 1 unspecified atom stereocenters. The van der Waals surface area contributed by atoms with Gasteiger partial charge in [0.2, 0.25) is 0 Å². The lowest BCUT2D eigenvalue weighted by molar-refractivity contribution is -0.121. The Hall–Kier alpha value is -0.930. The Labute approximate surface area is 93.2 Å². The van der Waals surface area contributed by atoms with E-state index in [0.717, 1.165) is 0 Å². The molecule has 4 heteroatoms. The lowest BCUT2D eigenvalue weighted by Crippen LogP contribution is -2.22. The van der Waals surface area contributed by atoms with E-state index < -0.39 is 5.82 Å². The van der Waals surface area contributed by atoms with Crippen molar-refractivity contribution in [1.82, 2.24) is 0 Å². The summed E-state index contributed by atoms with van der Waals surface area (Å²) in [5, 5.41) is 0.329. The molecule has 1 atom stereocenters. The number of halogens is 2. The predicted octanol–water partition coefficient (Wildman–Crippen LogP) is 2.19. The standard InChI is InChI=1S/C11H13ClFNO/c1-7(6-14)11(15)4-8-2-3-9(12)5-10(8)13/h2-3,5,7H,4,6,14H2,1H3. The molecule has 0 saturated carbocycles. The van der Waals surface area contributed by atoms with Gasteiger partial charge in [0, 0.05) is 23.9 Å². The van der Waals surface area contributed by atoms with Crippen molar-refractivity contribution >= 4 is 17.4 Å². The van der Waals surface area contributed by atoms with E-state index in [1.165, 1.54) is 12.1 Å². The molecule has 0 bridgehead atoms. The van der Waals surface area contributed by atoms with Crippen LogP contribution < -0.4 is 5.73 Å². The number of benzene rings is 1. The van der Waals surface area contributed by atoms with Crippen molar-refractivity contribution in [3.8, 4) is 0 Å². The number of nitrogens with two attached hydrogens (primary N) is 1. The topological polar surface area (TPSA) is 43.1 Å². The first-order valence-electron chi connectivity index (χ1n) is 4.71. The molecule has 0 aliphatic carbocycles. The van der Waals surface area contributed by atoms with Gasteiger partial charge in [-0.3, -0.25) is 4.79 Å². The molecule has 1 aromatic carbocycles. The second-order valence-electron chi connectivity index (χ2n) is 3.52. The normalized spacial score (nSPS) is 12.5. The molecule has 0 heterocycles. The van der Waals surface area contributed by atoms with Crippen LogP contribution in [0.5, 0.6) is 0 Å². The van der Waals surface area contributed by atoms with E-state index in [2.05, 4.69) is 0 Å². The SMILES string of the molecule is CC(CN)C(=O)Cc1ccc(Cl)cc1F. The van der Waals surface area contributed by atoms with E-state index in [1.807, 2.05) is 0 Å². The first kappa shape index (κ1) is 12.1. The molecule has 1 rings (SSSR count). The van der Waals surface area contributed by atoms with Gasteiger partial charge in [-0.15, -0.1) is 0 Å². The van der Waals surface area contributed by atoms with Gasteiger partial charge < -0.3 is 5.73 Å². The zero-order chi connectivity index (χ0) is 11.4. The van der Waals surface area contributed by atoms with Crippen molar-refractivity contribution in [2.75, 3.05) is 6.54 Å². The summed E-state index contributed by atoms with van der Waals surface area (Å²) in [6.07, 6.45) is 0.0708. The first-order chi connectivity index (χ1) is 7.04. The van der Waals surface area contributed by atoms with Crippen LogP contribution in [0.2, 0.25) is 5.02 Å². The summed E-state index contributed by atoms with van der Waals surface area (Å²) in [6, 6.07) is 4.30. The average Bonchev–Trinajstić information content (AvgIpc) is 2.20. The minimum atomic E-state index is -0.444. The number of ketones is 1. The maximum Gasteiger partial charge on any atom is 0.141 e. The highest BCUT2D eigenvalue weighted by molar-refractivity contribution is 6.30. The molecule has 0 aromatic heterocycles. The van der Waals surface area contributed by atoms with E-state index in [0.29, 0.717) is 10.6 Å². The van der Waals surface area contributed by atoms with Crippen LogP contribution >= 0.6 is 11.6 Å². The maximum absolute atomic E-state index is 13.3. The van der Waals surface area contributed by atoms with Gasteiger partial charge in [0.15, 0.2) is 0 Å². The van der Waals surface area contributed by atoms with Gasteiger partial charge in [0.25, 0.3) is 0 Å². The predicted molar refractivity (Wildman–Crippen MR) is 58.3 cm³/mol. The maximum atomic E-state index is 13.3. The second kappa shape index (κ2) is 5.24. The Morgan fingerprint density at radius 3 is 2.80 bits per heavy atom. The quantitative estimate of drug-likeness (QED) is 0.860. The third-order valence-corrected chi connectivity index (χ3v) is 2.52. The molecule has 2 nitrogen and oxygen atoms in total. The molecular formula is C11H13ClFNO. The summed E-state index contributed by atoms with van der Waals surface area (Å²) in [7, 11) is 0. The molecular weight excluding hydrogens is 217 g/mol. The lowest BCUT2D eigenvalue weighted by Gasteiger charge is -2.07. The van der Waals surface area contributed by atoms with Crippen molar-refractivity contribution < 1.29 is 9.18 Å². The average molecular weight is 230 g/mol. The molecule has 0 spiro atoms. The van der Waals surface area contributed by atoms with Crippen LogP contribution in [0.1, 0.15) is 12.5 Å². The number of hydrogen-bond acceptors (Lipinski definition) is 2. The van der Waals surface area contributed by atoms with Crippen molar-refractivity contribution in [2.45, 2.75) is 13.3 Å². The fraction of sp³-hybridized carbons (Fsp3) is 0.364. The molecule has 15 heavy (non-hydrogen) atoms. The molecule has 0 aliphatic rings. The van der Waals surface area contributed by atoms with Crippen LogP contribution in [-0.4, -0.2) is 12.3 Å². The van der Waals surface area contributed by atoms with Crippen LogP contribution in [0.25, 0.3) is 0 Å². The molecule has 0 aliphatic heterocycles. The van der Waals surface area contributed by atoms with Gasteiger partial charge in [-0.1, -0.05) is 24.6 Å². The highest BCUT2D eigenvalue weighted by atomic mass is 35.5. The fourth-order valence-corrected chi connectivity index (χ4v) is 1.32. The van der Waals surface area contributed by atoms with Gasteiger partial charge in [0.1, 0.15) is 11.6 Å². The van der Waals surface area contributed by atoms with Crippen LogP contribution in [0.15, 0.2) is 18.2 Å². The van der Waals surface area contributed by atoms with Crippen LogP contribution in [-0.2, 0) is 11.2 Å². The number of rotatable bonds is 4. The van der Waals surface area contributed by atoms with E-state index >= 15 is 0 Å². The van der Waals surface area contributed by atoms with Crippen molar-refractivity contribution in [3.63, 3.8) is 0 Å². The summed E-state index contributed by atoms with van der Waals surface area (Å²) in [4.78, 5) is 11.5. The first-order valence-corrected chi connectivity index (χ1v) is 5.09. The minimum absolute atomic E-state index is 0.0567. The zero-order valence-corrected chi connectivity index (χ0v) is 9.22. The van der Waals surface area contributed by atoms with Gasteiger partial charge >= 0.3 is 0 Å². The van der Waals surface area contributed by atoms with Crippen molar-refractivity contribution in [3.05, 3.63) is 34.6 Å². The number of Topliss-reactive ketones (excluding diaryl/α,β-unsaturated/α-hetero) is 1. The van der Waals surface area contributed by atoms with Crippen LogP contribution in [0.3, 0.4) is 0 Å². The highest BCUT2D eigenvalue weighted by Gasteiger charge is 2.13. The van der Waals surface area contributed by atoms with Crippen molar-refractivity contribution in [1.29, 1.82) is 0 Å². The molecule has 0 radical (unpaired) electrons. The highest BCUT2D eigenvalue weighted by Crippen LogP contribution is 2.16. The van der Waals surface area contributed by atoms with Crippen LogP contribution in [0, 0.1) is 11.7 Å². The van der Waals surface area contributed by atoms with Crippen LogP contribution in [0.4, 0.5) is 4.39 Å².